The molecule has 3 aromatic heterocycles. The summed E-state index contributed by atoms with van der Waals surface area (Å²) in [5, 5.41) is 5.80. The third kappa shape index (κ3) is 4.44. The Hall–Kier alpha value is -1.64. The van der Waals surface area contributed by atoms with Gasteiger partial charge in [0.25, 0.3) is 5.56 Å². The number of thiophene rings is 2. The molecular weight excluding hydrogens is 398 g/mol. The van der Waals surface area contributed by atoms with Gasteiger partial charge in [0.1, 0.15) is 10.7 Å². The molecule has 0 spiro atoms. The molecule has 0 saturated carbocycles. The number of hydrogen-bond acceptors (Lipinski definition) is 6. The quantitative estimate of drug-likeness (QED) is 0.548. The summed E-state index contributed by atoms with van der Waals surface area (Å²) in [6, 6.07) is 4.11. The van der Waals surface area contributed by atoms with Crippen molar-refractivity contribution in [2.45, 2.75) is 37.9 Å². The molecule has 0 saturated heterocycles. The summed E-state index contributed by atoms with van der Waals surface area (Å²) < 4.78 is 0. The zero-order chi connectivity index (χ0) is 18.6. The highest BCUT2D eigenvalue weighted by molar-refractivity contribution is 7.98. The highest BCUT2D eigenvalue weighted by Crippen LogP contribution is 2.34. The predicted molar refractivity (Wildman–Crippen MR) is 114 cm³/mol. The number of aromatic nitrogens is 2. The number of fused-ring (bicyclic) bond motifs is 3. The van der Waals surface area contributed by atoms with Crippen LogP contribution in [-0.2, 0) is 29.8 Å². The van der Waals surface area contributed by atoms with E-state index in [4.69, 9.17) is 0 Å². The molecule has 0 aliphatic heterocycles. The minimum Gasteiger partial charge on any atom is -0.356 e. The summed E-state index contributed by atoms with van der Waals surface area (Å²) in [6.45, 7) is 0.679. The van der Waals surface area contributed by atoms with Crippen molar-refractivity contribution in [1.29, 1.82) is 0 Å². The van der Waals surface area contributed by atoms with Gasteiger partial charge in [0.05, 0.1) is 11.1 Å². The molecule has 8 heteroatoms. The van der Waals surface area contributed by atoms with Gasteiger partial charge in [-0.25, -0.2) is 4.98 Å². The van der Waals surface area contributed by atoms with Crippen LogP contribution in [0.5, 0.6) is 0 Å². The number of carbonyl (C=O) groups excluding carboxylic acids is 1. The van der Waals surface area contributed by atoms with Gasteiger partial charge in [0.15, 0.2) is 0 Å². The van der Waals surface area contributed by atoms with Crippen LogP contribution in [0.2, 0.25) is 0 Å². The Balaban J connectivity index is 1.23. The third-order valence-electron chi connectivity index (χ3n) is 4.61. The molecule has 3 heterocycles. The van der Waals surface area contributed by atoms with E-state index in [0.717, 1.165) is 35.9 Å². The van der Waals surface area contributed by atoms with E-state index in [0.29, 0.717) is 30.3 Å². The molecule has 27 heavy (non-hydrogen) atoms. The average molecular weight is 420 g/mol. The number of H-pyrrole nitrogens is 1. The number of aromatic amines is 1. The van der Waals surface area contributed by atoms with Crippen molar-refractivity contribution in [3.63, 3.8) is 0 Å². The van der Waals surface area contributed by atoms with Gasteiger partial charge in [0.2, 0.25) is 5.91 Å². The van der Waals surface area contributed by atoms with Crippen molar-refractivity contribution >= 4 is 50.6 Å². The van der Waals surface area contributed by atoms with E-state index in [-0.39, 0.29) is 11.5 Å². The van der Waals surface area contributed by atoms with Crippen molar-refractivity contribution in [1.82, 2.24) is 15.3 Å². The number of nitrogens with one attached hydrogen (secondary N) is 2. The van der Waals surface area contributed by atoms with Crippen molar-refractivity contribution in [3.05, 3.63) is 49.0 Å². The second kappa shape index (κ2) is 8.58. The third-order valence-corrected chi connectivity index (χ3v) is 7.70. The van der Waals surface area contributed by atoms with Crippen molar-refractivity contribution < 1.29 is 4.79 Å². The second-order valence-corrected chi connectivity index (χ2v) is 9.75. The molecule has 3 aromatic rings. The lowest BCUT2D eigenvalue weighted by Gasteiger charge is -2.05. The van der Waals surface area contributed by atoms with Crippen LogP contribution in [0, 0.1) is 0 Å². The molecule has 0 fully saturated rings. The van der Waals surface area contributed by atoms with Gasteiger partial charge in [-0.2, -0.15) is 11.8 Å². The summed E-state index contributed by atoms with van der Waals surface area (Å²) in [4.78, 5) is 35.4. The zero-order valence-electron chi connectivity index (χ0n) is 14.9. The van der Waals surface area contributed by atoms with E-state index in [1.54, 1.807) is 34.4 Å². The molecular formula is C19H21N3O2S3. The van der Waals surface area contributed by atoms with E-state index < -0.39 is 0 Å². The lowest BCUT2D eigenvalue weighted by molar-refractivity contribution is -0.120. The molecule has 0 aromatic carbocycles. The Morgan fingerprint density at radius 3 is 3.15 bits per heavy atom. The fraction of sp³-hybridized carbons (Fsp3) is 0.421. The summed E-state index contributed by atoms with van der Waals surface area (Å²) >= 11 is 5.00. The number of hydrogen-bond donors (Lipinski definition) is 2. The summed E-state index contributed by atoms with van der Waals surface area (Å²) in [6.07, 6.45) is 4.57. The molecule has 0 radical (unpaired) electrons. The average Bonchev–Trinajstić information content (AvgIpc) is 3.35. The Kier molecular flexibility index (Phi) is 5.95. The lowest BCUT2D eigenvalue weighted by atomic mass is 10.2. The van der Waals surface area contributed by atoms with Crippen LogP contribution in [0.25, 0.3) is 10.2 Å². The first-order valence-corrected chi connectivity index (χ1v) is 12.0. The Bertz CT molecular complexity index is 992. The van der Waals surface area contributed by atoms with Gasteiger partial charge < -0.3 is 10.3 Å². The van der Waals surface area contributed by atoms with Crippen molar-refractivity contribution in [2.75, 3.05) is 12.3 Å². The van der Waals surface area contributed by atoms with Gasteiger partial charge in [-0.15, -0.1) is 22.7 Å². The van der Waals surface area contributed by atoms with Gasteiger partial charge >= 0.3 is 0 Å². The molecule has 2 N–H and O–H groups in total. The number of rotatable bonds is 8. The fourth-order valence-electron chi connectivity index (χ4n) is 3.32. The van der Waals surface area contributed by atoms with Crippen molar-refractivity contribution in [3.8, 4) is 0 Å². The van der Waals surface area contributed by atoms with Crippen LogP contribution in [0.15, 0.2) is 22.3 Å². The SMILES string of the molecule is O=C(CCSCc1nc2sc3c(c2c(=O)[nH]1)CCC3)NCCc1cccs1. The lowest BCUT2D eigenvalue weighted by Crippen LogP contribution is -2.25. The maximum absolute atomic E-state index is 12.4. The Morgan fingerprint density at radius 1 is 1.37 bits per heavy atom. The van der Waals surface area contributed by atoms with E-state index in [2.05, 4.69) is 21.4 Å². The van der Waals surface area contributed by atoms with Gasteiger partial charge in [0, 0.05) is 28.5 Å². The summed E-state index contributed by atoms with van der Waals surface area (Å²) in [7, 11) is 0. The van der Waals surface area contributed by atoms with Crippen LogP contribution in [-0.4, -0.2) is 28.2 Å². The van der Waals surface area contributed by atoms with Crippen LogP contribution >= 0.6 is 34.4 Å². The first kappa shape index (κ1) is 18.7. The highest BCUT2D eigenvalue weighted by atomic mass is 32.2. The largest absolute Gasteiger partial charge is 0.356 e. The van der Waals surface area contributed by atoms with Crippen molar-refractivity contribution in [2.24, 2.45) is 0 Å². The first-order valence-electron chi connectivity index (χ1n) is 9.11. The maximum Gasteiger partial charge on any atom is 0.259 e. The van der Waals surface area contributed by atoms with Gasteiger partial charge in [-0.1, -0.05) is 6.07 Å². The summed E-state index contributed by atoms with van der Waals surface area (Å²) in [5.41, 5.74) is 1.20. The van der Waals surface area contributed by atoms with Gasteiger partial charge in [-0.05, 0) is 42.7 Å². The Morgan fingerprint density at radius 2 is 2.30 bits per heavy atom. The Labute approximate surface area is 169 Å². The van der Waals surface area contributed by atoms with E-state index in [9.17, 15) is 9.59 Å². The molecule has 5 nitrogen and oxygen atoms in total. The maximum atomic E-state index is 12.4. The number of carbonyl (C=O) groups is 1. The fourth-order valence-corrected chi connectivity index (χ4v) is 6.11. The smallest absolute Gasteiger partial charge is 0.259 e. The predicted octanol–water partition coefficient (Wildman–Crippen LogP) is 3.52. The minimum absolute atomic E-state index is 0.0127. The highest BCUT2D eigenvalue weighted by Gasteiger charge is 2.21. The molecule has 1 aliphatic rings. The van der Waals surface area contributed by atoms with E-state index in [1.807, 2.05) is 11.4 Å². The summed E-state index contributed by atoms with van der Waals surface area (Å²) in [5.74, 6) is 2.12. The van der Waals surface area contributed by atoms with E-state index in [1.165, 1.54) is 15.3 Å². The van der Waals surface area contributed by atoms with Crippen LogP contribution in [0.1, 0.15) is 34.0 Å². The van der Waals surface area contributed by atoms with Crippen LogP contribution in [0.4, 0.5) is 0 Å². The number of thioether (sulfide) groups is 1. The molecule has 0 bridgehead atoms. The molecule has 4 rings (SSSR count). The standard InChI is InChI=1S/C19H21N3O2S3/c23-16(20-8-6-12-3-2-9-26-12)7-10-25-11-15-21-18(24)17-13-4-1-5-14(13)27-19(17)22-15/h2-3,9H,1,4-8,10-11H2,(H,20,23)(H,21,22,24). The number of nitrogens with zero attached hydrogens (tertiary/aromatic N) is 1. The van der Waals surface area contributed by atoms with Crippen LogP contribution in [0.3, 0.4) is 0 Å². The molecule has 1 aliphatic carbocycles. The molecule has 0 unspecified atom stereocenters. The first-order chi connectivity index (χ1) is 13.2. The second-order valence-electron chi connectivity index (χ2n) is 6.53. The molecule has 0 atom stereocenters. The molecule has 142 valence electrons. The zero-order valence-corrected chi connectivity index (χ0v) is 17.3. The van der Waals surface area contributed by atoms with Crippen LogP contribution < -0.4 is 10.9 Å². The van der Waals surface area contributed by atoms with E-state index >= 15 is 0 Å². The molecule has 1 amide bonds. The topological polar surface area (TPSA) is 74.8 Å². The number of amides is 1. The number of aryl methyl sites for hydroxylation is 2. The monoisotopic (exact) mass is 419 g/mol. The minimum atomic E-state index is -0.0127. The van der Waals surface area contributed by atoms with Gasteiger partial charge in [-0.3, -0.25) is 9.59 Å². The normalized spacial score (nSPS) is 13.2.